The SMILES string of the molecule is CCCCc1cc[n+]2c(c1C)-c1ccccc1C(CC)C2(CC)CC. The summed E-state index contributed by atoms with van der Waals surface area (Å²) in [5, 5.41) is 0. The van der Waals surface area contributed by atoms with E-state index in [9.17, 15) is 0 Å². The molecule has 0 bridgehead atoms. The highest BCUT2D eigenvalue weighted by molar-refractivity contribution is 5.67. The maximum Gasteiger partial charge on any atom is 0.216 e. The molecule has 2 heterocycles. The van der Waals surface area contributed by atoms with Gasteiger partial charge in [-0.25, -0.2) is 0 Å². The van der Waals surface area contributed by atoms with Crippen molar-refractivity contribution in [1.82, 2.24) is 0 Å². The first-order valence-corrected chi connectivity index (χ1v) is 10.3. The lowest BCUT2D eigenvalue weighted by atomic mass is 9.69. The number of pyridine rings is 1. The maximum absolute atomic E-state index is 2.65. The van der Waals surface area contributed by atoms with E-state index in [0.29, 0.717) is 5.92 Å². The summed E-state index contributed by atoms with van der Waals surface area (Å²) in [5.41, 5.74) is 7.71. The second kappa shape index (κ2) is 7.32. The lowest BCUT2D eigenvalue weighted by Crippen LogP contribution is -2.62. The number of aromatic nitrogens is 1. The van der Waals surface area contributed by atoms with Crippen molar-refractivity contribution >= 4 is 0 Å². The van der Waals surface area contributed by atoms with Gasteiger partial charge in [-0.3, -0.25) is 0 Å². The summed E-state index contributed by atoms with van der Waals surface area (Å²) < 4.78 is 2.65. The quantitative estimate of drug-likeness (QED) is 0.544. The van der Waals surface area contributed by atoms with Crippen molar-refractivity contribution in [1.29, 1.82) is 0 Å². The normalized spacial score (nSPS) is 17.9. The van der Waals surface area contributed by atoms with Gasteiger partial charge in [0.2, 0.25) is 5.69 Å². The van der Waals surface area contributed by atoms with Crippen LogP contribution in [-0.2, 0) is 12.0 Å². The average Bonchev–Trinajstić information content (AvgIpc) is 2.66. The van der Waals surface area contributed by atoms with Crippen molar-refractivity contribution in [3.05, 3.63) is 53.2 Å². The third kappa shape index (κ3) is 2.72. The number of fused-ring (bicyclic) bond motifs is 3. The zero-order valence-corrected chi connectivity index (χ0v) is 16.7. The Balaban J connectivity index is 2.30. The smallest absolute Gasteiger partial charge is 0.192 e. The van der Waals surface area contributed by atoms with Crippen LogP contribution in [0.4, 0.5) is 0 Å². The van der Waals surface area contributed by atoms with Gasteiger partial charge in [0, 0.05) is 30.4 Å². The molecule has 0 N–H and O–H groups in total. The average molecular weight is 337 g/mol. The van der Waals surface area contributed by atoms with Gasteiger partial charge in [0.25, 0.3) is 0 Å². The van der Waals surface area contributed by atoms with Crippen LogP contribution < -0.4 is 4.57 Å². The van der Waals surface area contributed by atoms with E-state index < -0.39 is 0 Å². The van der Waals surface area contributed by atoms with E-state index >= 15 is 0 Å². The van der Waals surface area contributed by atoms with Crippen LogP contribution >= 0.6 is 0 Å². The van der Waals surface area contributed by atoms with Crippen LogP contribution in [0.2, 0.25) is 0 Å². The van der Waals surface area contributed by atoms with E-state index in [1.165, 1.54) is 60.9 Å². The van der Waals surface area contributed by atoms with Crippen molar-refractivity contribution in [2.24, 2.45) is 0 Å². The fourth-order valence-electron chi connectivity index (χ4n) is 5.19. The van der Waals surface area contributed by atoms with Gasteiger partial charge in [-0.05, 0) is 43.4 Å². The van der Waals surface area contributed by atoms with E-state index in [-0.39, 0.29) is 5.54 Å². The van der Waals surface area contributed by atoms with E-state index in [1.807, 2.05) is 0 Å². The first kappa shape index (κ1) is 18.2. The molecule has 0 fully saturated rings. The van der Waals surface area contributed by atoms with Crippen LogP contribution in [0.15, 0.2) is 36.5 Å². The molecule has 1 aliphatic heterocycles. The number of aryl methyl sites for hydroxylation is 1. The summed E-state index contributed by atoms with van der Waals surface area (Å²) >= 11 is 0. The highest BCUT2D eigenvalue weighted by Gasteiger charge is 2.50. The summed E-state index contributed by atoms with van der Waals surface area (Å²) in [6.45, 7) is 11.7. The van der Waals surface area contributed by atoms with Crippen LogP contribution in [0.1, 0.15) is 82.4 Å². The van der Waals surface area contributed by atoms with E-state index in [1.54, 1.807) is 5.56 Å². The Hall–Kier alpha value is -1.63. The molecule has 1 aromatic carbocycles. The molecule has 1 unspecified atom stereocenters. The summed E-state index contributed by atoms with van der Waals surface area (Å²) in [4.78, 5) is 0. The van der Waals surface area contributed by atoms with Gasteiger partial charge >= 0.3 is 0 Å². The van der Waals surface area contributed by atoms with Crippen LogP contribution in [0.5, 0.6) is 0 Å². The zero-order chi connectivity index (χ0) is 18.0. The molecule has 3 rings (SSSR count). The number of nitrogens with zero attached hydrogens (tertiary/aromatic N) is 1. The zero-order valence-electron chi connectivity index (χ0n) is 16.7. The molecule has 1 heteroatoms. The first-order chi connectivity index (χ1) is 12.1. The van der Waals surface area contributed by atoms with E-state index in [2.05, 4.69) is 75.7 Å². The Morgan fingerprint density at radius 3 is 2.36 bits per heavy atom. The molecule has 0 amide bonds. The first-order valence-electron chi connectivity index (χ1n) is 10.3. The third-order valence-electron chi connectivity index (χ3n) is 6.65. The van der Waals surface area contributed by atoms with Crippen LogP contribution in [0.25, 0.3) is 11.3 Å². The fourth-order valence-corrected chi connectivity index (χ4v) is 5.19. The molecule has 0 radical (unpaired) electrons. The molecule has 134 valence electrons. The van der Waals surface area contributed by atoms with Gasteiger partial charge in [0.1, 0.15) is 0 Å². The highest BCUT2D eigenvalue weighted by atomic mass is 15.1. The summed E-state index contributed by atoms with van der Waals surface area (Å²) in [6, 6.07) is 11.6. The lowest BCUT2D eigenvalue weighted by molar-refractivity contribution is -0.763. The second-order valence-corrected chi connectivity index (χ2v) is 7.65. The second-order valence-electron chi connectivity index (χ2n) is 7.65. The monoisotopic (exact) mass is 336 g/mol. The molecule has 1 aromatic heterocycles. The third-order valence-corrected chi connectivity index (χ3v) is 6.65. The van der Waals surface area contributed by atoms with Gasteiger partial charge in [0.15, 0.2) is 11.7 Å². The largest absolute Gasteiger partial charge is 0.216 e. The number of hydrogen-bond acceptors (Lipinski definition) is 0. The Morgan fingerprint density at radius 1 is 1.00 bits per heavy atom. The van der Waals surface area contributed by atoms with E-state index in [4.69, 9.17) is 0 Å². The predicted molar refractivity (Wildman–Crippen MR) is 107 cm³/mol. The van der Waals surface area contributed by atoms with Crippen molar-refractivity contribution in [2.45, 2.75) is 84.6 Å². The van der Waals surface area contributed by atoms with Gasteiger partial charge in [-0.15, -0.1) is 0 Å². The van der Waals surface area contributed by atoms with Crippen molar-refractivity contribution in [3.63, 3.8) is 0 Å². The Labute approximate surface area is 154 Å². The molecule has 2 aromatic rings. The summed E-state index contributed by atoms with van der Waals surface area (Å²) in [6.07, 6.45) is 9.69. The molecule has 1 nitrogen and oxygen atoms in total. The van der Waals surface area contributed by atoms with Crippen molar-refractivity contribution < 1.29 is 4.57 Å². The van der Waals surface area contributed by atoms with E-state index in [0.717, 1.165) is 0 Å². The molecule has 25 heavy (non-hydrogen) atoms. The molecular weight excluding hydrogens is 302 g/mol. The fraction of sp³-hybridized carbons (Fsp3) is 0.542. The molecule has 1 aliphatic rings. The number of benzene rings is 1. The number of rotatable bonds is 6. The Kier molecular flexibility index (Phi) is 5.32. The number of unbranched alkanes of at least 4 members (excludes halogenated alkanes) is 1. The van der Waals surface area contributed by atoms with Crippen molar-refractivity contribution in [3.8, 4) is 11.3 Å². The topological polar surface area (TPSA) is 3.88 Å². The maximum atomic E-state index is 2.65. The van der Waals surface area contributed by atoms with Crippen LogP contribution in [0.3, 0.4) is 0 Å². The Morgan fingerprint density at radius 2 is 1.72 bits per heavy atom. The van der Waals surface area contributed by atoms with Gasteiger partial charge in [-0.2, -0.15) is 4.57 Å². The van der Waals surface area contributed by atoms with Gasteiger partial charge in [-0.1, -0.05) is 52.3 Å². The molecule has 1 atom stereocenters. The minimum atomic E-state index is 0.201. The minimum absolute atomic E-state index is 0.201. The molecule has 0 saturated carbocycles. The molecular formula is C24H34N+. The highest BCUT2D eigenvalue weighted by Crippen LogP contribution is 2.47. The summed E-state index contributed by atoms with van der Waals surface area (Å²) in [7, 11) is 0. The van der Waals surface area contributed by atoms with Crippen molar-refractivity contribution in [2.75, 3.05) is 0 Å². The standard InChI is InChI=1S/C24H34N/c1-6-10-13-19-16-17-25-23(18(19)5)21-15-12-11-14-20(21)22(7-2)24(25,8-3)9-4/h11-12,14-17,22H,6-10,13H2,1-5H3/q+1. The molecule has 0 aliphatic carbocycles. The minimum Gasteiger partial charge on any atom is -0.192 e. The predicted octanol–water partition coefficient (Wildman–Crippen LogP) is 6.31. The molecule has 0 spiro atoms. The van der Waals surface area contributed by atoms with Crippen LogP contribution in [-0.4, -0.2) is 0 Å². The van der Waals surface area contributed by atoms with Crippen LogP contribution in [0, 0.1) is 6.92 Å². The van der Waals surface area contributed by atoms with Gasteiger partial charge in [0.05, 0.1) is 5.56 Å². The number of hydrogen-bond donors (Lipinski definition) is 0. The molecule has 0 saturated heterocycles. The van der Waals surface area contributed by atoms with Gasteiger partial charge < -0.3 is 0 Å². The summed E-state index contributed by atoms with van der Waals surface area (Å²) in [5.74, 6) is 0.595. The Bertz CT molecular complexity index is 740. The lowest BCUT2D eigenvalue weighted by Gasteiger charge is -2.40.